The van der Waals surface area contributed by atoms with E-state index in [4.69, 9.17) is 4.74 Å². The zero-order valence-electron chi connectivity index (χ0n) is 16.6. The van der Waals surface area contributed by atoms with Crippen LogP contribution in [0.15, 0.2) is 12.1 Å². The summed E-state index contributed by atoms with van der Waals surface area (Å²) in [5.74, 6) is -6.57. The quantitative estimate of drug-likeness (QED) is 0.697. The number of hydrogen-bond donors (Lipinski definition) is 1. The molecule has 1 aliphatic carbocycles. The van der Waals surface area contributed by atoms with E-state index in [1.165, 1.54) is 17.0 Å². The lowest BCUT2D eigenvalue weighted by Crippen LogP contribution is -2.42. The van der Waals surface area contributed by atoms with Crippen LogP contribution in [0.4, 0.5) is 22.0 Å². The van der Waals surface area contributed by atoms with Gasteiger partial charge in [-0.3, -0.25) is 9.59 Å². The molecule has 0 bridgehead atoms. The first-order valence-electron chi connectivity index (χ1n) is 9.40. The minimum Gasteiger partial charge on any atom is -0.471 e. The van der Waals surface area contributed by atoms with Gasteiger partial charge in [0.25, 0.3) is 5.91 Å². The summed E-state index contributed by atoms with van der Waals surface area (Å²) in [5.41, 5.74) is -0.317. The first-order valence-corrected chi connectivity index (χ1v) is 9.40. The van der Waals surface area contributed by atoms with Gasteiger partial charge in [-0.05, 0) is 45.1 Å². The Bertz CT molecular complexity index is 852. The molecule has 1 aromatic rings. The van der Waals surface area contributed by atoms with E-state index in [0.29, 0.717) is 12.0 Å². The third kappa shape index (κ3) is 4.34. The van der Waals surface area contributed by atoms with Crippen LogP contribution < -0.4 is 10.1 Å². The van der Waals surface area contributed by atoms with Crippen molar-refractivity contribution in [3.63, 3.8) is 0 Å². The van der Waals surface area contributed by atoms with Crippen LogP contribution in [0.1, 0.15) is 55.1 Å². The summed E-state index contributed by atoms with van der Waals surface area (Å²) in [6.07, 6.45) is -3.97. The molecule has 2 fully saturated rings. The second kappa shape index (κ2) is 7.35. The molecule has 2 heterocycles. The number of likely N-dealkylation sites (tertiary alicyclic amines) is 1. The number of pyridine rings is 1. The third-order valence-electron chi connectivity index (χ3n) is 5.49. The Hall–Kier alpha value is -2.46. The molecule has 2 amide bonds. The Balaban J connectivity index is 1.77. The van der Waals surface area contributed by atoms with Crippen molar-refractivity contribution in [2.45, 2.75) is 62.7 Å². The number of ether oxygens (including phenoxy) is 1. The number of carbonyl (C=O) groups excluding carboxylic acids is 2. The molecule has 0 aromatic carbocycles. The molecule has 1 aliphatic heterocycles. The van der Waals surface area contributed by atoms with Gasteiger partial charge in [0, 0.05) is 18.2 Å². The first kappa shape index (κ1) is 22.2. The van der Waals surface area contributed by atoms with Crippen molar-refractivity contribution >= 4 is 11.8 Å². The number of carbonyl (C=O) groups is 2. The Morgan fingerprint density at radius 3 is 2.40 bits per heavy atom. The molecule has 1 aromatic heterocycles. The number of rotatable bonds is 6. The van der Waals surface area contributed by atoms with E-state index in [9.17, 15) is 31.5 Å². The number of amides is 2. The van der Waals surface area contributed by atoms with Crippen LogP contribution in [0.25, 0.3) is 0 Å². The van der Waals surface area contributed by atoms with Gasteiger partial charge in [0.1, 0.15) is 11.7 Å². The van der Waals surface area contributed by atoms with Gasteiger partial charge in [0.15, 0.2) is 6.61 Å². The van der Waals surface area contributed by atoms with E-state index in [1.54, 1.807) is 7.05 Å². The Morgan fingerprint density at radius 1 is 1.27 bits per heavy atom. The van der Waals surface area contributed by atoms with Crippen molar-refractivity contribution in [3.05, 3.63) is 23.4 Å². The predicted molar refractivity (Wildman–Crippen MR) is 95.4 cm³/mol. The highest BCUT2D eigenvalue weighted by atomic mass is 19.4. The van der Waals surface area contributed by atoms with Crippen LogP contribution in [0.3, 0.4) is 0 Å². The maximum absolute atomic E-state index is 13.2. The molecule has 1 N–H and O–H groups in total. The third-order valence-corrected chi connectivity index (χ3v) is 5.49. The first-order chi connectivity index (χ1) is 13.7. The number of alkyl halides is 5. The molecular formula is C19H22F5N3O3. The maximum atomic E-state index is 13.2. The summed E-state index contributed by atoms with van der Waals surface area (Å²) in [6, 6.07) is 1.99. The Morgan fingerprint density at radius 2 is 1.90 bits per heavy atom. The molecule has 1 saturated heterocycles. The van der Waals surface area contributed by atoms with Gasteiger partial charge in [0.2, 0.25) is 11.8 Å². The molecule has 11 heteroatoms. The fourth-order valence-electron chi connectivity index (χ4n) is 3.24. The number of halogens is 5. The maximum Gasteiger partial charge on any atom is 0.456 e. The van der Waals surface area contributed by atoms with Crippen molar-refractivity contribution in [2.75, 3.05) is 13.7 Å². The molecule has 166 valence electrons. The standard InChI is InChI=1S/C19H22F5N3O3/c1-17(2)8-13(16(29)27(17)3)25-14(28)12-7-6-11(10-4-5-10)15(26-12)30-9-18(20,21)19(22,23)24/h6-7,10,13H,4-5,8-9H2,1-3H3,(H,25,28). The normalized spacial score (nSPS) is 21.7. The molecule has 1 atom stereocenters. The number of hydrogen-bond acceptors (Lipinski definition) is 4. The van der Waals surface area contributed by atoms with Crippen LogP contribution in [-0.2, 0) is 4.79 Å². The van der Waals surface area contributed by atoms with E-state index in [2.05, 4.69) is 10.3 Å². The van der Waals surface area contributed by atoms with Crippen LogP contribution in [0.2, 0.25) is 0 Å². The highest BCUT2D eigenvalue weighted by Gasteiger charge is 2.58. The number of aromatic nitrogens is 1. The number of nitrogens with one attached hydrogen (secondary N) is 1. The number of nitrogens with zero attached hydrogens (tertiary/aromatic N) is 2. The van der Waals surface area contributed by atoms with Crippen molar-refractivity contribution in [3.8, 4) is 5.88 Å². The van der Waals surface area contributed by atoms with E-state index >= 15 is 0 Å². The van der Waals surface area contributed by atoms with Gasteiger partial charge in [-0.1, -0.05) is 6.07 Å². The summed E-state index contributed by atoms with van der Waals surface area (Å²) in [5, 5.41) is 2.54. The SMILES string of the molecule is CN1C(=O)C(NC(=O)c2ccc(C3CC3)c(OCC(F)(F)C(F)(F)F)n2)CC1(C)C. The molecule has 30 heavy (non-hydrogen) atoms. The molecular weight excluding hydrogens is 413 g/mol. The summed E-state index contributed by atoms with van der Waals surface area (Å²) < 4.78 is 68.5. The zero-order chi connectivity index (χ0) is 22.5. The summed E-state index contributed by atoms with van der Waals surface area (Å²) in [4.78, 5) is 30.2. The minimum absolute atomic E-state index is 0.0602. The van der Waals surface area contributed by atoms with Gasteiger partial charge in [-0.15, -0.1) is 0 Å². The molecule has 1 unspecified atom stereocenters. The monoisotopic (exact) mass is 435 g/mol. The van der Waals surface area contributed by atoms with Crippen LogP contribution in [0, 0.1) is 0 Å². The Labute approximate surface area is 169 Å². The van der Waals surface area contributed by atoms with Crippen molar-refractivity contribution in [2.24, 2.45) is 0 Å². The van der Waals surface area contributed by atoms with Crippen molar-refractivity contribution < 1.29 is 36.3 Å². The largest absolute Gasteiger partial charge is 0.471 e. The molecule has 0 radical (unpaired) electrons. The van der Waals surface area contributed by atoms with E-state index in [0.717, 1.165) is 12.8 Å². The van der Waals surface area contributed by atoms with Gasteiger partial charge in [0.05, 0.1) is 0 Å². The highest BCUT2D eigenvalue weighted by molar-refractivity contribution is 5.97. The average molecular weight is 435 g/mol. The predicted octanol–water partition coefficient (Wildman–Crippen LogP) is 3.27. The summed E-state index contributed by atoms with van der Waals surface area (Å²) in [6.45, 7) is 1.74. The second-order valence-electron chi connectivity index (χ2n) is 8.30. The van der Waals surface area contributed by atoms with Crippen LogP contribution >= 0.6 is 0 Å². The second-order valence-corrected chi connectivity index (χ2v) is 8.30. The fraction of sp³-hybridized carbons (Fsp3) is 0.632. The summed E-state index contributed by atoms with van der Waals surface area (Å²) >= 11 is 0. The van der Waals surface area contributed by atoms with E-state index in [-0.39, 0.29) is 17.5 Å². The molecule has 0 spiro atoms. The molecule has 6 nitrogen and oxygen atoms in total. The Kier molecular flexibility index (Phi) is 5.44. The smallest absolute Gasteiger partial charge is 0.456 e. The van der Waals surface area contributed by atoms with Crippen molar-refractivity contribution in [1.29, 1.82) is 0 Å². The lowest BCUT2D eigenvalue weighted by molar-refractivity contribution is -0.290. The van der Waals surface area contributed by atoms with E-state index < -0.39 is 42.1 Å². The van der Waals surface area contributed by atoms with Gasteiger partial charge < -0.3 is 15.0 Å². The lowest BCUT2D eigenvalue weighted by Gasteiger charge is -2.26. The zero-order valence-corrected chi connectivity index (χ0v) is 16.6. The molecule has 3 rings (SSSR count). The highest BCUT2D eigenvalue weighted by Crippen LogP contribution is 2.44. The fourth-order valence-corrected chi connectivity index (χ4v) is 3.24. The summed E-state index contributed by atoms with van der Waals surface area (Å²) in [7, 11) is 1.62. The van der Waals surface area contributed by atoms with Crippen LogP contribution in [-0.4, -0.2) is 59.0 Å². The van der Waals surface area contributed by atoms with Gasteiger partial charge in [-0.2, -0.15) is 22.0 Å². The average Bonchev–Trinajstić information content (AvgIpc) is 3.45. The number of likely N-dealkylation sites (N-methyl/N-ethyl adjacent to an activating group) is 1. The van der Waals surface area contributed by atoms with Crippen LogP contribution in [0.5, 0.6) is 5.88 Å². The minimum atomic E-state index is -5.76. The molecule has 1 saturated carbocycles. The van der Waals surface area contributed by atoms with Crippen molar-refractivity contribution in [1.82, 2.24) is 15.2 Å². The van der Waals surface area contributed by atoms with E-state index in [1.807, 2.05) is 13.8 Å². The molecule has 2 aliphatic rings. The van der Waals surface area contributed by atoms with Gasteiger partial charge in [-0.25, -0.2) is 4.98 Å². The van der Waals surface area contributed by atoms with Gasteiger partial charge >= 0.3 is 12.1 Å². The topological polar surface area (TPSA) is 71.5 Å². The lowest BCUT2D eigenvalue weighted by atomic mass is 10.0.